The molecule has 0 amide bonds. The van der Waals surface area contributed by atoms with Crippen LogP contribution in [0.15, 0.2) is 23.2 Å². The van der Waals surface area contributed by atoms with Gasteiger partial charge >= 0.3 is 0 Å². The Kier molecular flexibility index (Phi) is 2.05. The molecule has 0 atom stereocenters. The van der Waals surface area contributed by atoms with Gasteiger partial charge in [-0.2, -0.15) is 0 Å². The maximum Gasteiger partial charge on any atom is 0.0681 e. The van der Waals surface area contributed by atoms with Gasteiger partial charge in [-0.3, -0.25) is 4.99 Å². The van der Waals surface area contributed by atoms with Crippen LogP contribution in [0.25, 0.3) is 0 Å². The Morgan fingerprint density at radius 1 is 1.31 bits per heavy atom. The van der Waals surface area contributed by atoms with Crippen molar-refractivity contribution in [1.82, 2.24) is 0 Å². The van der Waals surface area contributed by atoms with Crippen molar-refractivity contribution in [2.24, 2.45) is 4.99 Å². The van der Waals surface area contributed by atoms with Gasteiger partial charge in [0.15, 0.2) is 0 Å². The molecule has 2 heteroatoms. The van der Waals surface area contributed by atoms with Crippen molar-refractivity contribution in [1.29, 1.82) is 0 Å². The lowest BCUT2D eigenvalue weighted by molar-refractivity contribution is 1.00. The van der Waals surface area contributed by atoms with Crippen LogP contribution in [0.1, 0.15) is 18.9 Å². The second-order valence-electron chi connectivity index (χ2n) is 3.44. The van der Waals surface area contributed by atoms with Gasteiger partial charge in [0.2, 0.25) is 0 Å². The highest BCUT2D eigenvalue weighted by Gasteiger charge is 2.08. The van der Waals surface area contributed by atoms with Gasteiger partial charge < -0.3 is 5.32 Å². The lowest BCUT2D eigenvalue weighted by Crippen LogP contribution is -2.01. The Balaban J connectivity index is 2.45. The second kappa shape index (κ2) is 3.21. The topological polar surface area (TPSA) is 24.4 Å². The van der Waals surface area contributed by atoms with E-state index in [1.165, 1.54) is 11.3 Å². The predicted molar refractivity (Wildman–Crippen MR) is 57.1 cm³/mol. The molecule has 1 aliphatic rings. The maximum atomic E-state index is 4.53. The molecule has 0 radical (unpaired) electrons. The Hall–Kier alpha value is -1.31. The average Bonchev–Trinajstić information content (AvgIpc) is 2.16. The molecule has 0 aliphatic carbocycles. The van der Waals surface area contributed by atoms with E-state index in [1.807, 2.05) is 7.05 Å². The van der Waals surface area contributed by atoms with Crippen LogP contribution < -0.4 is 5.32 Å². The number of nitrogens with one attached hydrogen (secondary N) is 1. The highest BCUT2D eigenvalue weighted by molar-refractivity contribution is 5.87. The number of aliphatic imine (C=N–C) groups is 1. The lowest BCUT2D eigenvalue weighted by atomic mass is 10.0. The van der Waals surface area contributed by atoms with E-state index in [-0.39, 0.29) is 0 Å². The van der Waals surface area contributed by atoms with Crippen LogP contribution in [0.3, 0.4) is 0 Å². The van der Waals surface area contributed by atoms with E-state index in [4.69, 9.17) is 0 Å². The van der Waals surface area contributed by atoms with E-state index >= 15 is 0 Å². The van der Waals surface area contributed by atoms with Crippen molar-refractivity contribution in [2.45, 2.75) is 19.8 Å². The molecule has 1 N–H and O–H groups in total. The first-order chi connectivity index (χ1) is 6.29. The van der Waals surface area contributed by atoms with Crippen LogP contribution >= 0.6 is 0 Å². The first kappa shape index (κ1) is 8.30. The first-order valence-corrected chi connectivity index (χ1v) is 4.64. The fraction of sp³-hybridized carbons (Fsp3) is 0.364. The summed E-state index contributed by atoms with van der Waals surface area (Å²) in [5.41, 5.74) is 4.87. The third kappa shape index (κ3) is 1.57. The number of benzene rings is 1. The van der Waals surface area contributed by atoms with E-state index < -0.39 is 0 Å². The molecule has 1 aromatic rings. The highest BCUT2D eigenvalue weighted by atomic mass is 14.8. The summed E-state index contributed by atoms with van der Waals surface area (Å²) in [7, 11) is 1.93. The molecule has 0 unspecified atom stereocenters. The molecule has 68 valence electrons. The largest absolute Gasteiger partial charge is 0.388 e. The zero-order valence-corrected chi connectivity index (χ0v) is 8.09. The molecule has 1 aliphatic heterocycles. The number of aryl methyl sites for hydroxylation is 1. The minimum absolute atomic E-state index is 1.10. The number of anilines is 1. The van der Waals surface area contributed by atoms with E-state index in [0.717, 1.165) is 24.2 Å². The fourth-order valence-electron chi connectivity index (χ4n) is 1.61. The van der Waals surface area contributed by atoms with Gasteiger partial charge in [0.1, 0.15) is 0 Å². The summed E-state index contributed by atoms with van der Waals surface area (Å²) in [5.74, 6) is 0. The molecule has 0 bridgehead atoms. The molecule has 0 saturated heterocycles. The summed E-state index contributed by atoms with van der Waals surface area (Å²) in [5, 5.41) is 3.12. The van der Waals surface area contributed by atoms with Crippen molar-refractivity contribution < 1.29 is 0 Å². The van der Waals surface area contributed by atoms with Gasteiger partial charge in [0.05, 0.1) is 5.69 Å². The smallest absolute Gasteiger partial charge is 0.0681 e. The van der Waals surface area contributed by atoms with Gasteiger partial charge in [0, 0.05) is 18.4 Å². The SMILES string of the molecule is CNc1ccc2c(c1)N=C(C)CC2. The van der Waals surface area contributed by atoms with Gasteiger partial charge in [-0.15, -0.1) is 0 Å². The molecule has 1 heterocycles. The third-order valence-corrected chi connectivity index (χ3v) is 2.44. The minimum Gasteiger partial charge on any atom is -0.388 e. The Morgan fingerprint density at radius 3 is 2.92 bits per heavy atom. The van der Waals surface area contributed by atoms with Crippen LogP contribution in [-0.4, -0.2) is 12.8 Å². The van der Waals surface area contributed by atoms with Crippen LogP contribution in [0, 0.1) is 0 Å². The van der Waals surface area contributed by atoms with E-state index in [2.05, 4.69) is 35.4 Å². The van der Waals surface area contributed by atoms with Crippen molar-refractivity contribution in [3.8, 4) is 0 Å². The standard InChI is InChI=1S/C11H14N2/c1-8-3-4-9-5-6-10(12-2)7-11(9)13-8/h5-7,12H,3-4H2,1-2H3. The van der Waals surface area contributed by atoms with Crippen LogP contribution in [0.5, 0.6) is 0 Å². The Morgan fingerprint density at radius 2 is 2.15 bits per heavy atom. The molecule has 13 heavy (non-hydrogen) atoms. The second-order valence-corrected chi connectivity index (χ2v) is 3.44. The molecule has 0 fully saturated rings. The van der Waals surface area contributed by atoms with Gasteiger partial charge in [-0.1, -0.05) is 6.07 Å². The molecule has 1 aromatic carbocycles. The van der Waals surface area contributed by atoms with Crippen molar-refractivity contribution in [3.63, 3.8) is 0 Å². The van der Waals surface area contributed by atoms with Crippen molar-refractivity contribution in [3.05, 3.63) is 23.8 Å². The first-order valence-electron chi connectivity index (χ1n) is 4.64. The monoisotopic (exact) mass is 174 g/mol. The highest BCUT2D eigenvalue weighted by Crippen LogP contribution is 2.28. The number of hydrogen-bond acceptors (Lipinski definition) is 2. The van der Waals surface area contributed by atoms with Crippen LogP contribution in [0.4, 0.5) is 11.4 Å². The summed E-state index contributed by atoms with van der Waals surface area (Å²) in [6.45, 7) is 2.09. The van der Waals surface area contributed by atoms with Gasteiger partial charge in [-0.05, 0) is 37.5 Å². The molecule has 0 spiro atoms. The van der Waals surface area contributed by atoms with E-state index in [1.54, 1.807) is 0 Å². The summed E-state index contributed by atoms with van der Waals surface area (Å²) in [6, 6.07) is 6.38. The average molecular weight is 174 g/mol. The molecular formula is C11H14N2. The summed E-state index contributed by atoms with van der Waals surface area (Å²) in [6.07, 6.45) is 2.24. The molecular weight excluding hydrogens is 160 g/mol. The quantitative estimate of drug-likeness (QED) is 0.695. The maximum absolute atomic E-state index is 4.53. The minimum atomic E-state index is 1.10. The Labute approximate surface area is 78.7 Å². The van der Waals surface area contributed by atoms with E-state index in [9.17, 15) is 0 Å². The zero-order chi connectivity index (χ0) is 9.26. The number of rotatable bonds is 1. The van der Waals surface area contributed by atoms with Crippen LogP contribution in [-0.2, 0) is 6.42 Å². The Bertz CT molecular complexity index is 353. The van der Waals surface area contributed by atoms with Crippen molar-refractivity contribution >= 4 is 17.1 Å². The zero-order valence-electron chi connectivity index (χ0n) is 8.09. The molecule has 0 aromatic heterocycles. The summed E-state index contributed by atoms with van der Waals surface area (Å²) in [4.78, 5) is 4.53. The van der Waals surface area contributed by atoms with Crippen molar-refractivity contribution in [2.75, 3.05) is 12.4 Å². The lowest BCUT2D eigenvalue weighted by Gasteiger charge is -2.13. The molecule has 2 rings (SSSR count). The number of fused-ring (bicyclic) bond motifs is 1. The van der Waals surface area contributed by atoms with Gasteiger partial charge in [0.25, 0.3) is 0 Å². The third-order valence-electron chi connectivity index (χ3n) is 2.44. The molecule has 2 nitrogen and oxygen atoms in total. The van der Waals surface area contributed by atoms with Crippen LogP contribution in [0.2, 0.25) is 0 Å². The number of hydrogen-bond donors (Lipinski definition) is 1. The van der Waals surface area contributed by atoms with Gasteiger partial charge in [-0.25, -0.2) is 0 Å². The number of nitrogens with zero attached hydrogens (tertiary/aromatic N) is 1. The summed E-state index contributed by atoms with van der Waals surface area (Å²) < 4.78 is 0. The van der Waals surface area contributed by atoms with E-state index in [0.29, 0.717) is 0 Å². The molecule has 0 saturated carbocycles. The fourth-order valence-corrected chi connectivity index (χ4v) is 1.61. The normalized spacial score (nSPS) is 14.8. The summed E-state index contributed by atoms with van der Waals surface area (Å²) >= 11 is 0. The predicted octanol–water partition coefficient (Wildman–Crippen LogP) is 2.77.